The largest absolute Gasteiger partial charge is 0.475 e. The second kappa shape index (κ2) is 8.55. The van der Waals surface area contributed by atoms with E-state index in [1.54, 1.807) is 30.3 Å². The van der Waals surface area contributed by atoms with Crippen molar-refractivity contribution in [3.8, 4) is 5.88 Å². The number of anilines is 1. The smallest absolute Gasteiger partial charge is 0.322 e. The Morgan fingerprint density at radius 3 is 3.05 bits per heavy atom. The third-order valence-electron chi connectivity index (χ3n) is 3.41. The van der Waals surface area contributed by atoms with Crippen LogP contribution in [0, 0.1) is 0 Å². The van der Waals surface area contributed by atoms with Crippen molar-refractivity contribution in [3.63, 3.8) is 0 Å². The molecule has 0 aliphatic carbocycles. The van der Waals surface area contributed by atoms with Crippen LogP contribution >= 0.6 is 0 Å². The van der Waals surface area contributed by atoms with E-state index in [2.05, 4.69) is 17.2 Å². The van der Waals surface area contributed by atoms with Gasteiger partial charge in [-0.2, -0.15) is 0 Å². The van der Waals surface area contributed by atoms with Gasteiger partial charge in [0.2, 0.25) is 5.88 Å². The van der Waals surface area contributed by atoms with E-state index in [1.807, 2.05) is 0 Å². The van der Waals surface area contributed by atoms with E-state index in [-0.39, 0.29) is 12.1 Å². The lowest BCUT2D eigenvalue weighted by Crippen LogP contribution is -2.47. The fraction of sp³-hybridized carbons (Fsp3) is 0.600. The second-order valence-electron chi connectivity index (χ2n) is 5.00. The maximum absolute atomic E-state index is 12.2. The monoisotopic (exact) mass is 309 g/mol. The molecule has 1 N–H and O–H groups in total. The van der Waals surface area contributed by atoms with Gasteiger partial charge in [-0.1, -0.05) is 6.92 Å². The molecule has 22 heavy (non-hydrogen) atoms. The topological polar surface area (TPSA) is 72.9 Å². The molecule has 1 aliphatic heterocycles. The lowest BCUT2D eigenvalue weighted by molar-refractivity contribution is -0.0134. The molecular formula is C15H23N3O4. The highest BCUT2D eigenvalue weighted by molar-refractivity contribution is 5.89. The second-order valence-corrected chi connectivity index (χ2v) is 5.00. The van der Waals surface area contributed by atoms with Gasteiger partial charge in [-0.25, -0.2) is 9.78 Å². The first-order valence-electron chi connectivity index (χ1n) is 7.48. The fourth-order valence-corrected chi connectivity index (χ4v) is 2.12. The first-order chi connectivity index (χ1) is 10.7. The minimum atomic E-state index is -0.128. The maximum Gasteiger partial charge on any atom is 0.322 e. The van der Waals surface area contributed by atoms with Gasteiger partial charge in [0.25, 0.3) is 0 Å². The molecule has 2 amide bonds. The molecule has 122 valence electrons. The number of hydrogen-bond donors (Lipinski definition) is 1. The van der Waals surface area contributed by atoms with Crippen LogP contribution in [0.1, 0.15) is 13.3 Å². The van der Waals surface area contributed by atoms with Gasteiger partial charge in [0.15, 0.2) is 0 Å². The van der Waals surface area contributed by atoms with Crippen LogP contribution in [0.15, 0.2) is 18.3 Å². The highest BCUT2D eigenvalue weighted by Gasteiger charge is 2.23. The maximum atomic E-state index is 12.2. The van der Waals surface area contributed by atoms with Crippen LogP contribution in [0.4, 0.5) is 10.5 Å². The van der Waals surface area contributed by atoms with E-state index < -0.39 is 0 Å². The number of hydrogen-bond acceptors (Lipinski definition) is 5. The van der Waals surface area contributed by atoms with Crippen molar-refractivity contribution in [1.82, 2.24) is 9.88 Å². The van der Waals surface area contributed by atoms with Gasteiger partial charge in [-0.15, -0.1) is 0 Å². The number of amides is 2. The third kappa shape index (κ3) is 4.85. The van der Waals surface area contributed by atoms with Crippen LogP contribution in [-0.2, 0) is 9.47 Å². The summed E-state index contributed by atoms with van der Waals surface area (Å²) in [5.41, 5.74) is 0.642. The molecule has 1 aromatic rings. The summed E-state index contributed by atoms with van der Waals surface area (Å²) in [4.78, 5) is 18.1. The molecule has 7 nitrogen and oxygen atoms in total. The molecule has 2 rings (SSSR count). The van der Waals surface area contributed by atoms with Gasteiger partial charge in [0.05, 0.1) is 31.2 Å². The number of morpholine rings is 1. The van der Waals surface area contributed by atoms with Crippen molar-refractivity contribution in [1.29, 1.82) is 0 Å². The average molecular weight is 309 g/mol. The first-order valence-corrected chi connectivity index (χ1v) is 7.48. The van der Waals surface area contributed by atoms with Gasteiger partial charge in [0.1, 0.15) is 6.61 Å². The zero-order valence-corrected chi connectivity index (χ0v) is 13.1. The number of methoxy groups -OCH3 is 1. The molecule has 1 fully saturated rings. The number of ether oxygens (including phenoxy) is 3. The van der Waals surface area contributed by atoms with Crippen LogP contribution in [0.3, 0.4) is 0 Å². The fourth-order valence-electron chi connectivity index (χ4n) is 2.12. The van der Waals surface area contributed by atoms with Crippen molar-refractivity contribution in [2.45, 2.75) is 19.4 Å². The number of rotatable bonds is 6. The molecule has 1 saturated heterocycles. The summed E-state index contributed by atoms with van der Waals surface area (Å²) in [6.45, 7) is 4.81. The normalized spacial score (nSPS) is 18.1. The van der Waals surface area contributed by atoms with Crippen LogP contribution in [0.5, 0.6) is 5.88 Å². The Morgan fingerprint density at radius 2 is 2.36 bits per heavy atom. The van der Waals surface area contributed by atoms with Crippen LogP contribution < -0.4 is 10.1 Å². The number of aromatic nitrogens is 1. The van der Waals surface area contributed by atoms with Crippen molar-refractivity contribution < 1.29 is 19.0 Å². The van der Waals surface area contributed by atoms with E-state index in [0.717, 1.165) is 6.42 Å². The Hall–Kier alpha value is -1.86. The number of pyridine rings is 1. The van der Waals surface area contributed by atoms with E-state index in [1.165, 1.54) is 0 Å². The third-order valence-corrected chi connectivity index (χ3v) is 3.41. The number of nitrogens with one attached hydrogen (secondary N) is 1. The molecule has 0 bridgehead atoms. The minimum absolute atomic E-state index is 0.120. The summed E-state index contributed by atoms with van der Waals surface area (Å²) in [6, 6.07) is 3.36. The molecular weight excluding hydrogens is 286 g/mol. The van der Waals surface area contributed by atoms with Gasteiger partial charge in [-0.05, 0) is 12.5 Å². The van der Waals surface area contributed by atoms with E-state index in [4.69, 9.17) is 14.2 Å². The summed E-state index contributed by atoms with van der Waals surface area (Å²) in [5.74, 6) is 0.507. The zero-order chi connectivity index (χ0) is 15.8. The van der Waals surface area contributed by atoms with Crippen molar-refractivity contribution in [2.75, 3.05) is 45.3 Å². The Labute approximate surface area is 130 Å². The van der Waals surface area contributed by atoms with Gasteiger partial charge < -0.3 is 24.4 Å². The van der Waals surface area contributed by atoms with E-state index in [0.29, 0.717) is 44.5 Å². The molecule has 0 radical (unpaired) electrons. The number of nitrogens with zero attached hydrogens (tertiary/aromatic N) is 2. The minimum Gasteiger partial charge on any atom is -0.475 e. The predicted octanol–water partition coefficient (Wildman–Crippen LogP) is 1.75. The lowest BCUT2D eigenvalue weighted by atomic mass is 10.2. The van der Waals surface area contributed by atoms with E-state index >= 15 is 0 Å². The Balaban J connectivity index is 1.83. The van der Waals surface area contributed by atoms with Crippen LogP contribution in [0.25, 0.3) is 0 Å². The van der Waals surface area contributed by atoms with Gasteiger partial charge in [0, 0.05) is 26.3 Å². The molecule has 1 unspecified atom stereocenters. The summed E-state index contributed by atoms with van der Waals surface area (Å²) in [7, 11) is 1.62. The molecule has 1 aliphatic rings. The highest BCUT2D eigenvalue weighted by Crippen LogP contribution is 2.14. The summed E-state index contributed by atoms with van der Waals surface area (Å²) in [5, 5.41) is 2.84. The lowest BCUT2D eigenvalue weighted by Gasteiger charge is -2.32. The standard InChI is InChI=1S/C15H23N3O4/c1-3-13-11-18(6-7-21-13)15(19)17-12-4-5-14(16-10-12)22-9-8-20-2/h4-5,10,13H,3,6-9,11H2,1-2H3,(H,17,19). The van der Waals surface area contributed by atoms with Gasteiger partial charge in [-0.3, -0.25) is 0 Å². The highest BCUT2D eigenvalue weighted by atomic mass is 16.5. The number of carbonyl (C=O) groups is 1. The van der Waals surface area contributed by atoms with Gasteiger partial charge >= 0.3 is 6.03 Å². The van der Waals surface area contributed by atoms with Crippen LogP contribution in [-0.4, -0.2) is 62.0 Å². The van der Waals surface area contributed by atoms with E-state index in [9.17, 15) is 4.79 Å². The molecule has 0 saturated carbocycles. The Kier molecular flexibility index (Phi) is 6.42. The molecule has 0 aromatic carbocycles. The Bertz CT molecular complexity index is 466. The molecule has 1 aromatic heterocycles. The summed E-state index contributed by atoms with van der Waals surface area (Å²) < 4.78 is 15.8. The quantitative estimate of drug-likeness (QED) is 0.811. The average Bonchev–Trinajstić information content (AvgIpc) is 2.56. The van der Waals surface area contributed by atoms with Crippen molar-refractivity contribution in [2.24, 2.45) is 0 Å². The SMILES string of the molecule is CCC1CN(C(=O)Nc2ccc(OCCOC)nc2)CCO1. The number of urea groups is 1. The van der Waals surface area contributed by atoms with Crippen molar-refractivity contribution in [3.05, 3.63) is 18.3 Å². The zero-order valence-electron chi connectivity index (χ0n) is 13.1. The molecule has 2 heterocycles. The van der Waals surface area contributed by atoms with Crippen molar-refractivity contribution >= 4 is 11.7 Å². The summed E-state index contributed by atoms with van der Waals surface area (Å²) in [6.07, 6.45) is 2.60. The molecule has 0 spiro atoms. The number of carbonyl (C=O) groups excluding carboxylic acids is 1. The Morgan fingerprint density at radius 1 is 1.50 bits per heavy atom. The summed E-state index contributed by atoms with van der Waals surface area (Å²) >= 11 is 0. The molecule has 1 atom stereocenters. The predicted molar refractivity (Wildman–Crippen MR) is 82.2 cm³/mol. The molecule has 7 heteroatoms. The first kappa shape index (κ1) is 16.5. The van der Waals surface area contributed by atoms with Crippen LogP contribution in [0.2, 0.25) is 0 Å².